The Morgan fingerprint density at radius 2 is 2.00 bits per heavy atom. The van der Waals surface area contributed by atoms with E-state index in [1.54, 1.807) is 19.1 Å². The lowest BCUT2D eigenvalue weighted by molar-refractivity contribution is 0.333. The zero-order valence-corrected chi connectivity index (χ0v) is 11.7. The number of nitrogens with two attached hydrogens (primary N) is 1. The molecule has 0 spiro atoms. The van der Waals surface area contributed by atoms with Crippen LogP contribution in [0.5, 0.6) is 5.75 Å². The lowest BCUT2D eigenvalue weighted by Gasteiger charge is -2.20. The first-order valence-corrected chi connectivity index (χ1v) is 6.61. The molecule has 2 aromatic carbocycles. The maximum absolute atomic E-state index is 13.4. The molecule has 0 aliphatic heterocycles. The van der Waals surface area contributed by atoms with Gasteiger partial charge in [0.25, 0.3) is 0 Å². The van der Waals surface area contributed by atoms with Crippen LogP contribution in [0.2, 0.25) is 0 Å². The number of ether oxygens (including phenoxy) is 1. The van der Waals surface area contributed by atoms with Crippen LogP contribution in [-0.2, 0) is 0 Å². The highest BCUT2D eigenvalue weighted by atomic mass is 19.1. The van der Waals surface area contributed by atoms with Gasteiger partial charge in [-0.15, -0.1) is 0 Å². The Morgan fingerprint density at radius 3 is 2.65 bits per heavy atom. The highest BCUT2D eigenvalue weighted by molar-refractivity contribution is 5.42. The van der Waals surface area contributed by atoms with Crippen LogP contribution in [0.3, 0.4) is 0 Å². The summed E-state index contributed by atoms with van der Waals surface area (Å²) < 4.78 is 19.0. The van der Waals surface area contributed by atoms with Crippen LogP contribution in [0.25, 0.3) is 0 Å². The first-order valence-electron chi connectivity index (χ1n) is 6.61. The molecule has 0 aromatic heterocycles. The molecule has 0 amide bonds. The molecule has 0 radical (unpaired) electrons. The lowest BCUT2D eigenvalue weighted by Crippen LogP contribution is -2.29. The van der Waals surface area contributed by atoms with E-state index in [1.165, 1.54) is 6.07 Å². The lowest BCUT2D eigenvalue weighted by atomic mass is 9.97. The normalized spacial score (nSPS) is 12.2. The predicted molar refractivity (Wildman–Crippen MR) is 77.9 cm³/mol. The van der Waals surface area contributed by atoms with Crippen molar-refractivity contribution in [2.75, 3.05) is 6.61 Å². The molecule has 4 heteroatoms. The van der Waals surface area contributed by atoms with Crippen molar-refractivity contribution in [2.24, 2.45) is 5.84 Å². The van der Waals surface area contributed by atoms with Crippen LogP contribution < -0.4 is 16.0 Å². The smallest absolute Gasteiger partial charge is 0.126 e. The van der Waals surface area contributed by atoms with E-state index in [9.17, 15) is 4.39 Å². The third kappa shape index (κ3) is 2.98. The van der Waals surface area contributed by atoms with Crippen LogP contribution in [0, 0.1) is 12.7 Å². The van der Waals surface area contributed by atoms with Gasteiger partial charge in [0.15, 0.2) is 0 Å². The van der Waals surface area contributed by atoms with Gasteiger partial charge in [0, 0.05) is 5.56 Å². The highest BCUT2D eigenvalue weighted by Crippen LogP contribution is 2.30. The minimum Gasteiger partial charge on any atom is -0.494 e. The van der Waals surface area contributed by atoms with Crippen LogP contribution in [0.15, 0.2) is 42.5 Å². The molecule has 0 bridgehead atoms. The molecular weight excluding hydrogens is 255 g/mol. The Labute approximate surface area is 118 Å². The quantitative estimate of drug-likeness (QED) is 0.650. The second-order valence-corrected chi connectivity index (χ2v) is 4.58. The molecule has 0 saturated heterocycles. The number of rotatable bonds is 5. The fourth-order valence-corrected chi connectivity index (χ4v) is 2.22. The number of nitrogens with one attached hydrogen (secondary N) is 1. The van der Waals surface area contributed by atoms with E-state index >= 15 is 0 Å². The second kappa shape index (κ2) is 6.50. The van der Waals surface area contributed by atoms with Gasteiger partial charge >= 0.3 is 0 Å². The average Bonchev–Trinajstić information content (AvgIpc) is 2.45. The summed E-state index contributed by atoms with van der Waals surface area (Å²) in [5, 5.41) is 0. The van der Waals surface area contributed by atoms with Crippen molar-refractivity contribution in [3.8, 4) is 5.75 Å². The van der Waals surface area contributed by atoms with E-state index in [1.807, 2.05) is 31.2 Å². The minimum absolute atomic E-state index is 0.220. The highest BCUT2D eigenvalue weighted by Gasteiger charge is 2.17. The number of hydrazine groups is 1. The monoisotopic (exact) mass is 274 g/mol. The van der Waals surface area contributed by atoms with E-state index in [0.717, 1.165) is 16.9 Å². The summed E-state index contributed by atoms with van der Waals surface area (Å²) in [6.45, 7) is 4.25. The fourth-order valence-electron chi connectivity index (χ4n) is 2.22. The molecule has 2 rings (SSSR count). The molecule has 3 nitrogen and oxygen atoms in total. The first kappa shape index (κ1) is 14.5. The van der Waals surface area contributed by atoms with Crippen molar-refractivity contribution in [1.82, 2.24) is 5.43 Å². The predicted octanol–water partition coefficient (Wildman–Crippen LogP) is 3.09. The molecule has 2 aromatic rings. The number of hydrogen-bond acceptors (Lipinski definition) is 3. The molecule has 0 heterocycles. The van der Waals surface area contributed by atoms with Crippen LogP contribution in [0.4, 0.5) is 4.39 Å². The van der Waals surface area contributed by atoms with Crippen molar-refractivity contribution in [2.45, 2.75) is 19.9 Å². The summed E-state index contributed by atoms with van der Waals surface area (Å²) >= 11 is 0. The Balaban J connectivity index is 2.44. The molecular formula is C16H19FN2O. The third-order valence-corrected chi connectivity index (χ3v) is 3.21. The standard InChI is InChI=1S/C16H19FN2O/c1-3-20-15-7-5-4-6-13(15)16(19-18)12-8-9-14(17)11(2)10-12/h4-10,16,19H,3,18H2,1-2H3. The van der Waals surface area contributed by atoms with E-state index in [-0.39, 0.29) is 11.9 Å². The number of aryl methyl sites for hydroxylation is 1. The summed E-state index contributed by atoms with van der Waals surface area (Å²) in [6.07, 6.45) is 0. The van der Waals surface area contributed by atoms with E-state index < -0.39 is 0 Å². The van der Waals surface area contributed by atoms with Gasteiger partial charge in [-0.3, -0.25) is 5.84 Å². The summed E-state index contributed by atoms with van der Waals surface area (Å²) in [5.74, 6) is 6.25. The van der Waals surface area contributed by atoms with Gasteiger partial charge in [-0.2, -0.15) is 0 Å². The first-order chi connectivity index (χ1) is 9.67. The molecule has 20 heavy (non-hydrogen) atoms. The molecule has 0 fully saturated rings. The number of hydrogen-bond donors (Lipinski definition) is 2. The van der Waals surface area contributed by atoms with Gasteiger partial charge in [0.05, 0.1) is 12.6 Å². The van der Waals surface area contributed by atoms with Crippen molar-refractivity contribution >= 4 is 0 Å². The van der Waals surface area contributed by atoms with Gasteiger partial charge in [-0.05, 0) is 37.1 Å². The van der Waals surface area contributed by atoms with Crippen molar-refractivity contribution in [3.05, 3.63) is 65.0 Å². The Morgan fingerprint density at radius 1 is 1.25 bits per heavy atom. The molecule has 3 N–H and O–H groups in total. The Kier molecular flexibility index (Phi) is 4.71. The SMILES string of the molecule is CCOc1ccccc1C(NN)c1ccc(F)c(C)c1. The molecule has 0 aliphatic rings. The van der Waals surface area contributed by atoms with Crippen LogP contribution >= 0.6 is 0 Å². The maximum atomic E-state index is 13.4. The van der Waals surface area contributed by atoms with Crippen molar-refractivity contribution in [1.29, 1.82) is 0 Å². The van der Waals surface area contributed by atoms with E-state index in [2.05, 4.69) is 5.43 Å². The number of halogens is 1. The van der Waals surface area contributed by atoms with Crippen molar-refractivity contribution in [3.63, 3.8) is 0 Å². The van der Waals surface area contributed by atoms with E-state index in [4.69, 9.17) is 10.6 Å². The van der Waals surface area contributed by atoms with Gasteiger partial charge in [-0.25, -0.2) is 9.82 Å². The Bertz CT molecular complexity index is 586. The largest absolute Gasteiger partial charge is 0.494 e. The van der Waals surface area contributed by atoms with Crippen LogP contribution in [0.1, 0.15) is 29.7 Å². The van der Waals surface area contributed by atoms with Gasteiger partial charge < -0.3 is 4.74 Å². The third-order valence-electron chi connectivity index (χ3n) is 3.21. The number of para-hydroxylation sites is 1. The maximum Gasteiger partial charge on any atom is 0.126 e. The van der Waals surface area contributed by atoms with Gasteiger partial charge in [0.2, 0.25) is 0 Å². The molecule has 1 atom stereocenters. The van der Waals surface area contributed by atoms with Gasteiger partial charge in [0.1, 0.15) is 11.6 Å². The van der Waals surface area contributed by atoms with E-state index in [0.29, 0.717) is 12.2 Å². The molecule has 106 valence electrons. The summed E-state index contributed by atoms with van der Waals surface area (Å²) in [5.41, 5.74) is 5.21. The van der Waals surface area contributed by atoms with Gasteiger partial charge in [-0.1, -0.05) is 30.3 Å². The summed E-state index contributed by atoms with van der Waals surface area (Å²) in [4.78, 5) is 0. The number of benzene rings is 2. The fraction of sp³-hybridized carbons (Fsp3) is 0.250. The zero-order chi connectivity index (χ0) is 14.5. The minimum atomic E-state index is -0.239. The Hall–Kier alpha value is -1.91. The molecule has 0 saturated carbocycles. The molecule has 0 aliphatic carbocycles. The summed E-state index contributed by atoms with van der Waals surface area (Å²) in [6, 6.07) is 12.4. The second-order valence-electron chi connectivity index (χ2n) is 4.58. The molecule has 1 unspecified atom stereocenters. The van der Waals surface area contributed by atoms with Crippen molar-refractivity contribution < 1.29 is 9.13 Å². The van der Waals surface area contributed by atoms with Crippen LogP contribution in [-0.4, -0.2) is 6.61 Å². The topological polar surface area (TPSA) is 47.3 Å². The average molecular weight is 274 g/mol. The summed E-state index contributed by atoms with van der Waals surface area (Å²) in [7, 11) is 0. The zero-order valence-electron chi connectivity index (χ0n) is 11.7.